The van der Waals surface area contributed by atoms with E-state index < -0.39 is 0 Å². The molecule has 0 aromatic carbocycles. The summed E-state index contributed by atoms with van der Waals surface area (Å²) in [6.45, 7) is 0. The molecule has 70 valence electrons. The molecule has 0 spiro atoms. The molecule has 1 aliphatic rings. The zero-order chi connectivity index (χ0) is 9.10. The number of halogens is 1. The van der Waals surface area contributed by atoms with Crippen LogP contribution in [0.4, 0.5) is 0 Å². The molecule has 0 radical (unpaired) electrons. The maximum atomic E-state index is 5.77. The van der Waals surface area contributed by atoms with E-state index in [0.717, 1.165) is 5.69 Å². The first-order valence-electron chi connectivity index (χ1n) is 4.07. The standard InChI is InChI=1S/C8H9ClN2S2/c9-7-5-10-4-6(11-7)8-12-2-1-3-13-8/h4-5,8H,1-3H2. The highest BCUT2D eigenvalue weighted by Gasteiger charge is 2.18. The third-order valence-electron chi connectivity index (χ3n) is 1.69. The van der Waals surface area contributed by atoms with Crippen molar-refractivity contribution in [3.05, 3.63) is 23.2 Å². The van der Waals surface area contributed by atoms with Crippen LogP contribution in [0.15, 0.2) is 12.4 Å². The molecule has 2 heterocycles. The highest BCUT2D eigenvalue weighted by molar-refractivity contribution is 8.16. The Hall–Kier alpha value is 0.0700. The first-order chi connectivity index (χ1) is 6.36. The quantitative estimate of drug-likeness (QED) is 0.744. The Morgan fingerprint density at radius 3 is 2.77 bits per heavy atom. The van der Waals surface area contributed by atoms with Crippen molar-refractivity contribution in [1.82, 2.24) is 9.97 Å². The predicted molar refractivity (Wildman–Crippen MR) is 59.3 cm³/mol. The minimum Gasteiger partial charge on any atom is -0.260 e. The van der Waals surface area contributed by atoms with Crippen LogP contribution in [0, 0.1) is 0 Å². The third kappa shape index (κ3) is 2.51. The number of nitrogens with zero attached hydrogens (tertiary/aromatic N) is 2. The highest BCUT2D eigenvalue weighted by Crippen LogP contribution is 2.42. The van der Waals surface area contributed by atoms with Crippen LogP contribution >= 0.6 is 35.1 Å². The minimum atomic E-state index is 0.431. The molecule has 13 heavy (non-hydrogen) atoms. The van der Waals surface area contributed by atoms with Crippen LogP contribution in [0.2, 0.25) is 5.15 Å². The lowest BCUT2D eigenvalue weighted by atomic mass is 10.5. The molecule has 1 aromatic heterocycles. The molecule has 2 rings (SSSR count). The zero-order valence-electron chi connectivity index (χ0n) is 6.94. The molecule has 0 saturated carbocycles. The van der Waals surface area contributed by atoms with E-state index in [1.54, 1.807) is 6.20 Å². The molecule has 2 nitrogen and oxygen atoms in total. The molecule has 0 bridgehead atoms. The van der Waals surface area contributed by atoms with Crippen LogP contribution < -0.4 is 0 Å². The van der Waals surface area contributed by atoms with Gasteiger partial charge in [0.2, 0.25) is 0 Å². The van der Waals surface area contributed by atoms with Gasteiger partial charge >= 0.3 is 0 Å². The smallest absolute Gasteiger partial charge is 0.147 e. The van der Waals surface area contributed by atoms with Crippen LogP contribution in [0.3, 0.4) is 0 Å². The van der Waals surface area contributed by atoms with Gasteiger partial charge < -0.3 is 0 Å². The summed E-state index contributed by atoms with van der Waals surface area (Å²) in [5, 5.41) is 0.490. The van der Waals surface area contributed by atoms with E-state index in [9.17, 15) is 0 Å². The van der Waals surface area contributed by atoms with Gasteiger partial charge in [-0.25, -0.2) is 4.98 Å². The van der Waals surface area contributed by atoms with Crippen molar-refractivity contribution in [2.45, 2.75) is 11.0 Å². The van der Waals surface area contributed by atoms with Crippen molar-refractivity contribution < 1.29 is 0 Å². The number of rotatable bonds is 1. The normalized spacial score (nSPS) is 18.8. The van der Waals surface area contributed by atoms with E-state index >= 15 is 0 Å². The van der Waals surface area contributed by atoms with Gasteiger partial charge in [0.05, 0.1) is 22.7 Å². The molecular weight excluding hydrogens is 224 g/mol. The predicted octanol–water partition coefficient (Wildman–Crippen LogP) is 3.00. The van der Waals surface area contributed by atoms with E-state index in [1.807, 2.05) is 29.7 Å². The zero-order valence-corrected chi connectivity index (χ0v) is 9.33. The van der Waals surface area contributed by atoms with Gasteiger partial charge in [-0.2, -0.15) is 0 Å². The Morgan fingerprint density at radius 1 is 1.31 bits per heavy atom. The van der Waals surface area contributed by atoms with Gasteiger partial charge in [0, 0.05) is 0 Å². The van der Waals surface area contributed by atoms with Crippen molar-refractivity contribution in [2.24, 2.45) is 0 Å². The van der Waals surface area contributed by atoms with Gasteiger partial charge in [-0.1, -0.05) is 11.6 Å². The molecule has 0 aliphatic carbocycles. The van der Waals surface area contributed by atoms with Gasteiger partial charge in [0.25, 0.3) is 0 Å². The Bertz CT molecular complexity index is 289. The Balaban J connectivity index is 2.14. The van der Waals surface area contributed by atoms with Gasteiger partial charge in [-0.15, -0.1) is 23.5 Å². The molecule has 1 aromatic rings. The fourth-order valence-electron chi connectivity index (χ4n) is 1.13. The largest absolute Gasteiger partial charge is 0.260 e. The van der Waals surface area contributed by atoms with Crippen molar-refractivity contribution in [3.8, 4) is 0 Å². The molecule has 0 unspecified atom stereocenters. The second-order valence-electron chi connectivity index (χ2n) is 2.69. The minimum absolute atomic E-state index is 0.431. The molecule has 0 amide bonds. The summed E-state index contributed by atoms with van der Waals surface area (Å²) in [4.78, 5) is 8.30. The molecule has 0 N–H and O–H groups in total. The van der Waals surface area contributed by atoms with Crippen LogP contribution in [-0.2, 0) is 0 Å². The average Bonchev–Trinajstić information content (AvgIpc) is 2.19. The summed E-state index contributed by atoms with van der Waals surface area (Å²) < 4.78 is 0.431. The number of hydrogen-bond donors (Lipinski definition) is 0. The summed E-state index contributed by atoms with van der Waals surface area (Å²) in [5.41, 5.74) is 1.00. The second-order valence-corrected chi connectivity index (χ2v) is 5.81. The molecule has 1 fully saturated rings. The summed E-state index contributed by atoms with van der Waals surface area (Å²) in [7, 11) is 0. The molecular formula is C8H9ClN2S2. The van der Waals surface area contributed by atoms with E-state index in [4.69, 9.17) is 11.6 Å². The Kier molecular flexibility index (Phi) is 3.35. The van der Waals surface area contributed by atoms with Crippen molar-refractivity contribution in [3.63, 3.8) is 0 Å². The van der Waals surface area contributed by atoms with E-state index in [-0.39, 0.29) is 0 Å². The summed E-state index contributed by atoms with van der Waals surface area (Å²) in [6.07, 6.45) is 4.67. The van der Waals surface area contributed by atoms with Crippen LogP contribution in [0.1, 0.15) is 16.7 Å². The fraction of sp³-hybridized carbons (Fsp3) is 0.500. The Labute approximate surface area is 90.9 Å². The molecule has 5 heteroatoms. The van der Waals surface area contributed by atoms with Crippen molar-refractivity contribution >= 4 is 35.1 Å². The lowest BCUT2D eigenvalue weighted by molar-refractivity contribution is 1.05. The lowest BCUT2D eigenvalue weighted by Crippen LogP contribution is -2.02. The topological polar surface area (TPSA) is 25.8 Å². The molecule has 1 aliphatic heterocycles. The second kappa shape index (κ2) is 4.53. The number of hydrogen-bond acceptors (Lipinski definition) is 4. The first-order valence-corrected chi connectivity index (χ1v) is 6.54. The van der Waals surface area contributed by atoms with Crippen molar-refractivity contribution in [1.29, 1.82) is 0 Å². The van der Waals surface area contributed by atoms with Crippen molar-refractivity contribution in [2.75, 3.05) is 11.5 Å². The van der Waals surface area contributed by atoms with E-state index in [2.05, 4.69) is 9.97 Å². The van der Waals surface area contributed by atoms with Gasteiger partial charge in [-0.3, -0.25) is 4.98 Å². The maximum Gasteiger partial charge on any atom is 0.147 e. The first kappa shape index (κ1) is 9.62. The third-order valence-corrected chi connectivity index (χ3v) is 4.83. The van der Waals surface area contributed by atoms with Crippen LogP contribution in [0.5, 0.6) is 0 Å². The monoisotopic (exact) mass is 232 g/mol. The number of thioether (sulfide) groups is 2. The SMILES string of the molecule is Clc1cncc(C2SCCCS2)n1. The van der Waals surface area contributed by atoms with Gasteiger partial charge in [0.15, 0.2) is 0 Å². The average molecular weight is 233 g/mol. The van der Waals surface area contributed by atoms with Gasteiger partial charge in [-0.05, 0) is 17.9 Å². The van der Waals surface area contributed by atoms with Crippen LogP contribution in [0.25, 0.3) is 0 Å². The lowest BCUT2D eigenvalue weighted by Gasteiger charge is -2.19. The summed E-state index contributed by atoms with van der Waals surface area (Å²) in [5.74, 6) is 2.43. The fourth-order valence-corrected chi connectivity index (χ4v) is 4.05. The molecule has 0 atom stereocenters. The van der Waals surface area contributed by atoms with E-state index in [1.165, 1.54) is 17.9 Å². The highest BCUT2D eigenvalue weighted by atomic mass is 35.5. The number of aromatic nitrogens is 2. The van der Waals surface area contributed by atoms with Gasteiger partial charge in [0.1, 0.15) is 5.15 Å². The molecule has 1 saturated heterocycles. The van der Waals surface area contributed by atoms with Crippen LogP contribution in [-0.4, -0.2) is 21.5 Å². The summed E-state index contributed by atoms with van der Waals surface area (Å²) >= 11 is 9.63. The Morgan fingerprint density at radius 2 is 2.08 bits per heavy atom. The summed E-state index contributed by atoms with van der Waals surface area (Å²) in [6, 6.07) is 0. The van der Waals surface area contributed by atoms with E-state index in [0.29, 0.717) is 9.74 Å². The maximum absolute atomic E-state index is 5.77.